The predicted molar refractivity (Wildman–Crippen MR) is 83.0 cm³/mol. The highest BCUT2D eigenvalue weighted by Crippen LogP contribution is 2.26. The van der Waals surface area contributed by atoms with Gasteiger partial charge in [0, 0.05) is 12.0 Å². The number of carbonyl (C=O) groups excluding carboxylic acids is 1. The Labute approximate surface area is 124 Å². The van der Waals surface area contributed by atoms with Crippen molar-refractivity contribution in [2.75, 3.05) is 7.11 Å². The van der Waals surface area contributed by atoms with Gasteiger partial charge in [-0.1, -0.05) is 39.0 Å². The van der Waals surface area contributed by atoms with E-state index >= 15 is 0 Å². The quantitative estimate of drug-likeness (QED) is 0.449. The zero-order valence-electron chi connectivity index (χ0n) is 11.9. The SMILES string of the molecule is CCCCCCCCC(=O)c1ccc(OC)c(Br)c1. The van der Waals surface area contributed by atoms with E-state index in [-0.39, 0.29) is 5.78 Å². The summed E-state index contributed by atoms with van der Waals surface area (Å²) >= 11 is 3.41. The molecule has 1 aromatic carbocycles. The first-order valence-corrected chi connectivity index (χ1v) is 7.85. The van der Waals surface area contributed by atoms with Crippen molar-refractivity contribution in [3.63, 3.8) is 0 Å². The number of methoxy groups -OCH3 is 1. The molecule has 0 aliphatic heterocycles. The number of Topliss-reactive ketones (excluding diaryl/α,β-unsaturated/α-hetero) is 1. The highest BCUT2D eigenvalue weighted by molar-refractivity contribution is 9.10. The molecule has 0 aliphatic carbocycles. The van der Waals surface area contributed by atoms with Gasteiger partial charge >= 0.3 is 0 Å². The lowest BCUT2D eigenvalue weighted by Gasteiger charge is -2.06. The van der Waals surface area contributed by atoms with Crippen LogP contribution in [0.1, 0.15) is 62.2 Å². The highest BCUT2D eigenvalue weighted by Gasteiger charge is 2.08. The van der Waals surface area contributed by atoms with E-state index in [2.05, 4.69) is 22.9 Å². The maximum Gasteiger partial charge on any atom is 0.162 e. The van der Waals surface area contributed by atoms with Crippen LogP contribution in [0.15, 0.2) is 22.7 Å². The van der Waals surface area contributed by atoms with Crippen molar-refractivity contribution in [2.45, 2.75) is 51.9 Å². The Balaban J connectivity index is 2.35. The second-order valence-corrected chi connectivity index (χ2v) is 5.64. The molecule has 0 spiro atoms. The highest BCUT2D eigenvalue weighted by atomic mass is 79.9. The molecule has 0 N–H and O–H groups in total. The number of unbranched alkanes of at least 4 members (excludes halogenated alkanes) is 5. The standard InChI is InChI=1S/C16H23BrO2/c1-3-4-5-6-7-8-9-15(18)13-10-11-16(19-2)14(17)12-13/h10-12H,3-9H2,1-2H3. The summed E-state index contributed by atoms with van der Waals surface area (Å²) in [6, 6.07) is 5.51. The number of halogens is 1. The van der Waals surface area contributed by atoms with Crippen molar-refractivity contribution in [1.82, 2.24) is 0 Å². The summed E-state index contributed by atoms with van der Waals surface area (Å²) in [7, 11) is 1.62. The molecule has 0 bridgehead atoms. The number of hydrogen-bond acceptors (Lipinski definition) is 2. The van der Waals surface area contributed by atoms with Gasteiger partial charge in [0.1, 0.15) is 5.75 Å². The van der Waals surface area contributed by atoms with E-state index in [0.29, 0.717) is 6.42 Å². The van der Waals surface area contributed by atoms with E-state index in [4.69, 9.17) is 4.74 Å². The van der Waals surface area contributed by atoms with E-state index in [1.807, 2.05) is 18.2 Å². The minimum atomic E-state index is 0.221. The lowest BCUT2D eigenvalue weighted by atomic mass is 10.0. The lowest BCUT2D eigenvalue weighted by Crippen LogP contribution is -1.99. The van der Waals surface area contributed by atoms with E-state index in [1.165, 1.54) is 25.7 Å². The summed E-state index contributed by atoms with van der Waals surface area (Å²) in [5, 5.41) is 0. The lowest BCUT2D eigenvalue weighted by molar-refractivity contribution is 0.0979. The third-order valence-electron chi connectivity index (χ3n) is 3.23. The molecule has 106 valence electrons. The van der Waals surface area contributed by atoms with E-state index in [9.17, 15) is 4.79 Å². The molecule has 0 atom stereocenters. The molecule has 3 heteroatoms. The minimum Gasteiger partial charge on any atom is -0.496 e. The van der Waals surface area contributed by atoms with Gasteiger partial charge in [-0.15, -0.1) is 0 Å². The average Bonchev–Trinajstić information content (AvgIpc) is 2.42. The summed E-state index contributed by atoms with van der Waals surface area (Å²) in [5.74, 6) is 0.981. The van der Waals surface area contributed by atoms with Crippen LogP contribution in [0.25, 0.3) is 0 Å². The summed E-state index contributed by atoms with van der Waals surface area (Å²) < 4.78 is 5.99. The van der Waals surface area contributed by atoms with Gasteiger partial charge in [-0.05, 0) is 40.5 Å². The molecule has 0 aliphatic rings. The van der Waals surface area contributed by atoms with Crippen molar-refractivity contribution in [2.24, 2.45) is 0 Å². The van der Waals surface area contributed by atoms with Gasteiger partial charge in [-0.2, -0.15) is 0 Å². The van der Waals surface area contributed by atoms with E-state index in [0.717, 1.165) is 28.6 Å². The van der Waals surface area contributed by atoms with Crippen molar-refractivity contribution in [1.29, 1.82) is 0 Å². The fraction of sp³-hybridized carbons (Fsp3) is 0.562. The van der Waals surface area contributed by atoms with Crippen molar-refractivity contribution >= 4 is 21.7 Å². The second kappa shape index (κ2) is 9.13. The molecule has 0 fully saturated rings. The number of hydrogen-bond donors (Lipinski definition) is 0. The molecule has 1 aromatic rings. The Bertz CT molecular complexity index is 402. The average molecular weight is 327 g/mol. The second-order valence-electron chi connectivity index (χ2n) is 4.79. The van der Waals surface area contributed by atoms with Crippen LogP contribution >= 0.6 is 15.9 Å². The first kappa shape index (κ1) is 16.2. The molecule has 0 unspecified atom stereocenters. The van der Waals surface area contributed by atoms with E-state index in [1.54, 1.807) is 7.11 Å². The van der Waals surface area contributed by atoms with Crippen molar-refractivity contribution in [3.05, 3.63) is 28.2 Å². The topological polar surface area (TPSA) is 26.3 Å². The Hall–Kier alpha value is -0.830. The fourth-order valence-corrected chi connectivity index (χ4v) is 2.59. The van der Waals surface area contributed by atoms with Gasteiger partial charge in [0.2, 0.25) is 0 Å². The van der Waals surface area contributed by atoms with Gasteiger partial charge in [-0.25, -0.2) is 0 Å². The molecule has 0 heterocycles. The van der Waals surface area contributed by atoms with Crippen molar-refractivity contribution in [3.8, 4) is 5.75 Å². The summed E-state index contributed by atoms with van der Waals surface area (Å²) in [4.78, 5) is 12.0. The zero-order valence-corrected chi connectivity index (χ0v) is 13.5. The van der Waals surface area contributed by atoms with Crippen molar-refractivity contribution < 1.29 is 9.53 Å². The normalized spacial score (nSPS) is 10.5. The molecule has 0 saturated carbocycles. The number of ketones is 1. The van der Waals surface area contributed by atoms with Crippen LogP contribution < -0.4 is 4.74 Å². The Morgan fingerprint density at radius 1 is 1.16 bits per heavy atom. The van der Waals surface area contributed by atoms with E-state index < -0.39 is 0 Å². The van der Waals surface area contributed by atoms with Crippen LogP contribution in [0.2, 0.25) is 0 Å². The van der Waals surface area contributed by atoms with Crippen LogP contribution in [-0.2, 0) is 0 Å². The van der Waals surface area contributed by atoms with Gasteiger partial charge < -0.3 is 4.74 Å². The molecule has 0 aromatic heterocycles. The molecule has 0 saturated heterocycles. The largest absolute Gasteiger partial charge is 0.496 e. The monoisotopic (exact) mass is 326 g/mol. The summed E-state index contributed by atoms with van der Waals surface area (Å²) in [6.45, 7) is 2.21. The van der Waals surface area contributed by atoms with Crippen LogP contribution in [0.4, 0.5) is 0 Å². The zero-order chi connectivity index (χ0) is 14.1. The summed E-state index contributed by atoms with van der Waals surface area (Å²) in [5.41, 5.74) is 0.765. The molecular weight excluding hydrogens is 304 g/mol. The Morgan fingerprint density at radius 3 is 2.47 bits per heavy atom. The third-order valence-corrected chi connectivity index (χ3v) is 3.85. The minimum absolute atomic E-state index is 0.221. The van der Waals surface area contributed by atoms with Gasteiger partial charge in [-0.3, -0.25) is 4.79 Å². The number of benzene rings is 1. The van der Waals surface area contributed by atoms with Crippen LogP contribution in [0, 0.1) is 0 Å². The molecule has 2 nitrogen and oxygen atoms in total. The van der Waals surface area contributed by atoms with Gasteiger partial charge in [0.05, 0.1) is 11.6 Å². The summed E-state index contributed by atoms with van der Waals surface area (Å²) in [6.07, 6.45) is 7.89. The van der Waals surface area contributed by atoms with Gasteiger partial charge in [0.25, 0.3) is 0 Å². The molecular formula is C16H23BrO2. The fourth-order valence-electron chi connectivity index (χ4n) is 2.05. The van der Waals surface area contributed by atoms with Crippen LogP contribution in [-0.4, -0.2) is 12.9 Å². The third kappa shape index (κ3) is 5.77. The Kier molecular flexibility index (Phi) is 7.80. The first-order chi connectivity index (χ1) is 9.19. The molecule has 0 amide bonds. The maximum absolute atomic E-state index is 12.0. The number of rotatable bonds is 9. The molecule has 1 rings (SSSR count). The predicted octanol–water partition coefficient (Wildman–Crippen LogP) is 5.39. The van der Waals surface area contributed by atoms with Crippen LogP contribution in [0.5, 0.6) is 5.75 Å². The number of ether oxygens (including phenoxy) is 1. The first-order valence-electron chi connectivity index (χ1n) is 7.05. The smallest absolute Gasteiger partial charge is 0.162 e. The maximum atomic E-state index is 12.0. The van der Waals surface area contributed by atoms with Gasteiger partial charge in [0.15, 0.2) is 5.78 Å². The number of carbonyl (C=O) groups is 1. The molecule has 0 radical (unpaired) electrons. The molecule has 19 heavy (non-hydrogen) atoms. The van der Waals surface area contributed by atoms with Crippen LogP contribution in [0.3, 0.4) is 0 Å². The Morgan fingerprint density at radius 2 is 1.84 bits per heavy atom.